The van der Waals surface area contributed by atoms with Crippen LogP contribution in [0, 0.1) is 0 Å². The van der Waals surface area contributed by atoms with Gasteiger partial charge in [-0.2, -0.15) is 13.2 Å². The minimum absolute atomic E-state index is 0.0142. The molecular formula is C13H18F3N3O. The Labute approximate surface area is 115 Å². The maximum atomic E-state index is 12.0. The van der Waals surface area contributed by atoms with Crippen LogP contribution in [-0.2, 0) is 30.5 Å². The maximum absolute atomic E-state index is 12.0. The summed E-state index contributed by atoms with van der Waals surface area (Å²) in [7, 11) is 0. The van der Waals surface area contributed by atoms with Crippen LogP contribution in [0.2, 0.25) is 0 Å². The van der Waals surface area contributed by atoms with Crippen molar-refractivity contribution in [2.45, 2.75) is 38.9 Å². The van der Waals surface area contributed by atoms with Gasteiger partial charge in [0.25, 0.3) is 0 Å². The van der Waals surface area contributed by atoms with Gasteiger partial charge in [-0.3, -0.25) is 0 Å². The van der Waals surface area contributed by atoms with Crippen molar-refractivity contribution in [1.29, 1.82) is 0 Å². The lowest BCUT2D eigenvalue weighted by Gasteiger charge is -2.19. The van der Waals surface area contributed by atoms with Crippen molar-refractivity contribution in [3.8, 4) is 0 Å². The third kappa shape index (κ3) is 4.14. The Morgan fingerprint density at radius 1 is 1.30 bits per heavy atom. The van der Waals surface area contributed by atoms with E-state index in [-0.39, 0.29) is 6.61 Å². The van der Waals surface area contributed by atoms with Gasteiger partial charge in [0.2, 0.25) is 0 Å². The number of aryl methyl sites for hydroxylation is 1. The summed E-state index contributed by atoms with van der Waals surface area (Å²) in [5, 5.41) is 3.27. The molecule has 0 saturated heterocycles. The quantitative estimate of drug-likeness (QED) is 0.840. The predicted molar refractivity (Wildman–Crippen MR) is 67.4 cm³/mol. The summed E-state index contributed by atoms with van der Waals surface area (Å²) < 4.78 is 40.5. The highest BCUT2D eigenvalue weighted by Gasteiger charge is 2.27. The van der Waals surface area contributed by atoms with Gasteiger partial charge in [-0.1, -0.05) is 6.92 Å². The molecule has 112 valence electrons. The van der Waals surface area contributed by atoms with Gasteiger partial charge >= 0.3 is 6.18 Å². The van der Waals surface area contributed by atoms with E-state index in [9.17, 15) is 13.2 Å². The SMILES string of the molecule is CCc1nc(CCOCC(F)(F)F)nc2c1CNCC2. The second kappa shape index (κ2) is 6.49. The number of aromatic nitrogens is 2. The van der Waals surface area contributed by atoms with E-state index in [4.69, 9.17) is 0 Å². The van der Waals surface area contributed by atoms with Crippen LogP contribution in [0.5, 0.6) is 0 Å². The molecule has 0 spiro atoms. The molecule has 2 heterocycles. The van der Waals surface area contributed by atoms with Crippen molar-refractivity contribution in [1.82, 2.24) is 15.3 Å². The van der Waals surface area contributed by atoms with Crippen LogP contribution in [-0.4, -0.2) is 35.9 Å². The summed E-state index contributed by atoms with van der Waals surface area (Å²) in [4.78, 5) is 8.87. The van der Waals surface area contributed by atoms with Crippen LogP contribution in [0.3, 0.4) is 0 Å². The first-order valence-electron chi connectivity index (χ1n) is 6.72. The molecule has 2 rings (SSSR count). The number of rotatable bonds is 5. The van der Waals surface area contributed by atoms with E-state index in [1.165, 1.54) is 0 Å². The normalized spacial score (nSPS) is 15.2. The van der Waals surface area contributed by atoms with E-state index in [0.717, 1.165) is 42.9 Å². The Balaban J connectivity index is 1.98. The Morgan fingerprint density at radius 3 is 2.80 bits per heavy atom. The van der Waals surface area contributed by atoms with E-state index in [0.29, 0.717) is 12.2 Å². The lowest BCUT2D eigenvalue weighted by molar-refractivity contribution is -0.173. The Hall–Kier alpha value is -1.21. The van der Waals surface area contributed by atoms with Gasteiger partial charge in [0.05, 0.1) is 12.3 Å². The highest BCUT2D eigenvalue weighted by molar-refractivity contribution is 5.28. The Bertz CT molecular complexity index is 446. The summed E-state index contributed by atoms with van der Waals surface area (Å²) in [6, 6.07) is 0. The van der Waals surface area contributed by atoms with Crippen molar-refractivity contribution in [2.75, 3.05) is 19.8 Å². The fourth-order valence-electron chi connectivity index (χ4n) is 2.22. The first kappa shape index (κ1) is 15.2. The molecule has 0 aliphatic carbocycles. The minimum Gasteiger partial charge on any atom is -0.372 e. The van der Waals surface area contributed by atoms with Gasteiger partial charge < -0.3 is 10.1 Å². The van der Waals surface area contributed by atoms with Crippen LogP contribution < -0.4 is 5.32 Å². The monoisotopic (exact) mass is 289 g/mol. The topological polar surface area (TPSA) is 47.0 Å². The number of nitrogens with zero attached hydrogens (tertiary/aromatic N) is 2. The zero-order valence-corrected chi connectivity index (χ0v) is 11.4. The average Bonchev–Trinajstić information content (AvgIpc) is 2.41. The smallest absolute Gasteiger partial charge is 0.372 e. The van der Waals surface area contributed by atoms with E-state index < -0.39 is 12.8 Å². The maximum Gasteiger partial charge on any atom is 0.411 e. The van der Waals surface area contributed by atoms with E-state index >= 15 is 0 Å². The van der Waals surface area contributed by atoms with Crippen molar-refractivity contribution in [2.24, 2.45) is 0 Å². The van der Waals surface area contributed by atoms with Crippen molar-refractivity contribution in [3.05, 3.63) is 22.8 Å². The molecule has 1 N–H and O–H groups in total. The van der Waals surface area contributed by atoms with Crippen LogP contribution >= 0.6 is 0 Å². The zero-order chi connectivity index (χ0) is 14.6. The number of fused-ring (bicyclic) bond motifs is 1. The summed E-state index contributed by atoms with van der Waals surface area (Å²) in [5.74, 6) is 0.574. The standard InChI is InChI=1S/C13H18F3N3O/c1-2-10-9-7-17-5-3-11(9)19-12(18-10)4-6-20-8-13(14,15)16/h17H,2-8H2,1H3. The van der Waals surface area contributed by atoms with Gasteiger partial charge in [-0.15, -0.1) is 0 Å². The molecule has 7 heteroatoms. The highest BCUT2D eigenvalue weighted by atomic mass is 19.4. The largest absolute Gasteiger partial charge is 0.411 e. The number of hydrogen-bond donors (Lipinski definition) is 1. The Kier molecular flexibility index (Phi) is 4.93. The fraction of sp³-hybridized carbons (Fsp3) is 0.692. The van der Waals surface area contributed by atoms with Crippen molar-refractivity contribution < 1.29 is 17.9 Å². The fourth-order valence-corrected chi connectivity index (χ4v) is 2.22. The molecule has 0 aromatic carbocycles. The van der Waals surface area contributed by atoms with Gasteiger partial charge in [0.15, 0.2) is 0 Å². The summed E-state index contributed by atoms with van der Waals surface area (Å²) in [6.45, 7) is 2.42. The molecule has 0 radical (unpaired) electrons. The molecule has 4 nitrogen and oxygen atoms in total. The van der Waals surface area contributed by atoms with Crippen molar-refractivity contribution >= 4 is 0 Å². The number of nitrogens with one attached hydrogen (secondary N) is 1. The number of hydrogen-bond acceptors (Lipinski definition) is 4. The predicted octanol–water partition coefficient (Wildman–Crippen LogP) is 1.81. The lowest BCUT2D eigenvalue weighted by atomic mass is 10.0. The van der Waals surface area contributed by atoms with E-state index in [1.54, 1.807) is 0 Å². The third-order valence-electron chi connectivity index (χ3n) is 3.14. The second-order valence-electron chi connectivity index (χ2n) is 4.71. The third-order valence-corrected chi connectivity index (χ3v) is 3.14. The average molecular weight is 289 g/mol. The molecule has 0 bridgehead atoms. The highest BCUT2D eigenvalue weighted by Crippen LogP contribution is 2.17. The van der Waals surface area contributed by atoms with Gasteiger partial charge in [-0.25, -0.2) is 9.97 Å². The Morgan fingerprint density at radius 2 is 2.10 bits per heavy atom. The number of halogens is 3. The second-order valence-corrected chi connectivity index (χ2v) is 4.71. The number of alkyl halides is 3. The van der Waals surface area contributed by atoms with Gasteiger partial charge in [0.1, 0.15) is 12.4 Å². The molecule has 0 unspecified atom stereocenters. The van der Waals surface area contributed by atoms with E-state index in [2.05, 4.69) is 20.0 Å². The molecule has 20 heavy (non-hydrogen) atoms. The van der Waals surface area contributed by atoms with Crippen LogP contribution in [0.4, 0.5) is 13.2 Å². The van der Waals surface area contributed by atoms with E-state index in [1.807, 2.05) is 6.92 Å². The van der Waals surface area contributed by atoms with Crippen molar-refractivity contribution in [3.63, 3.8) is 0 Å². The molecule has 1 aliphatic rings. The first-order valence-corrected chi connectivity index (χ1v) is 6.72. The van der Waals surface area contributed by atoms with Gasteiger partial charge in [-0.05, 0) is 6.42 Å². The summed E-state index contributed by atoms with van der Waals surface area (Å²) in [6.07, 6.45) is -2.34. The van der Waals surface area contributed by atoms with Crippen LogP contribution in [0.15, 0.2) is 0 Å². The minimum atomic E-state index is -4.28. The zero-order valence-electron chi connectivity index (χ0n) is 11.4. The molecule has 1 aromatic heterocycles. The number of ether oxygens (including phenoxy) is 1. The first-order chi connectivity index (χ1) is 9.49. The molecule has 0 saturated carbocycles. The van der Waals surface area contributed by atoms with Crippen LogP contribution in [0.1, 0.15) is 29.7 Å². The molecule has 0 fully saturated rings. The summed E-state index contributed by atoms with van der Waals surface area (Å²) in [5.41, 5.74) is 3.13. The molecule has 0 atom stereocenters. The lowest BCUT2D eigenvalue weighted by Crippen LogP contribution is -2.27. The molecule has 1 aromatic rings. The molecular weight excluding hydrogens is 271 g/mol. The van der Waals surface area contributed by atoms with Gasteiger partial charge in [0, 0.05) is 37.2 Å². The molecule has 1 aliphatic heterocycles. The van der Waals surface area contributed by atoms with Crippen LogP contribution in [0.25, 0.3) is 0 Å². The summed E-state index contributed by atoms with van der Waals surface area (Å²) >= 11 is 0. The molecule has 0 amide bonds.